The zero-order chi connectivity index (χ0) is 10.8. The van der Waals surface area contributed by atoms with E-state index in [0.717, 1.165) is 12.8 Å². The molecule has 0 atom stereocenters. The lowest BCUT2D eigenvalue weighted by Crippen LogP contribution is -2.33. The second-order valence-electron chi connectivity index (χ2n) is 3.68. The van der Waals surface area contributed by atoms with Gasteiger partial charge in [0.25, 0.3) is 5.91 Å². The van der Waals surface area contributed by atoms with Crippen LogP contribution >= 0.6 is 0 Å². The Bertz CT molecular complexity index is 381. The van der Waals surface area contributed by atoms with E-state index in [4.69, 9.17) is 5.73 Å². The van der Waals surface area contributed by atoms with Crippen LogP contribution in [0, 0.1) is 0 Å². The Morgan fingerprint density at radius 2 is 2.53 bits per heavy atom. The summed E-state index contributed by atoms with van der Waals surface area (Å²) >= 11 is 0. The highest BCUT2D eigenvalue weighted by molar-refractivity contribution is 5.97. The van der Waals surface area contributed by atoms with Gasteiger partial charge in [-0.15, -0.1) is 6.58 Å². The third kappa shape index (κ3) is 1.86. The van der Waals surface area contributed by atoms with Crippen LogP contribution in [-0.2, 0) is 0 Å². The molecule has 2 rings (SSSR count). The molecular formula is C10H14N4O. The SMILES string of the molecule is C=CCN(C(=O)c1[nH]ncc1N)C1CC1. The molecule has 1 aromatic rings. The number of nitrogens with one attached hydrogen (secondary N) is 1. The average molecular weight is 206 g/mol. The maximum atomic E-state index is 12.0. The number of carbonyl (C=O) groups is 1. The van der Waals surface area contributed by atoms with Crippen molar-refractivity contribution in [2.75, 3.05) is 12.3 Å². The molecule has 5 heteroatoms. The Morgan fingerprint density at radius 3 is 3.00 bits per heavy atom. The molecule has 0 saturated heterocycles. The van der Waals surface area contributed by atoms with Crippen molar-refractivity contribution >= 4 is 11.6 Å². The van der Waals surface area contributed by atoms with Crippen molar-refractivity contribution in [2.45, 2.75) is 18.9 Å². The van der Waals surface area contributed by atoms with E-state index in [2.05, 4.69) is 16.8 Å². The molecule has 1 fully saturated rings. The third-order valence-electron chi connectivity index (χ3n) is 2.46. The lowest BCUT2D eigenvalue weighted by atomic mass is 10.3. The van der Waals surface area contributed by atoms with Crippen molar-refractivity contribution in [3.8, 4) is 0 Å². The van der Waals surface area contributed by atoms with Crippen molar-refractivity contribution in [3.63, 3.8) is 0 Å². The predicted octanol–water partition coefficient (Wildman–Crippen LogP) is 0.783. The number of nitrogen functional groups attached to an aromatic ring is 1. The first kappa shape index (κ1) is 9.76. The van der Waals surface area contributed by atoms with Crippen LogP contribution in [0.5, 0.6) is 0 Å². The van der Waals surface area contributed by atoms with Crippen molar-refractivity contribution in [2.24, 2.45) is 0 Å². The number of carbonyl (C=O) groups excluding carboxylic acids is 1. The molecule has 0 aliphatic heterocycles. The normalized spacial score (nSPS) is 14.9. The van der Waals surface area contributed by atoms with Gasteiger partial charge in [-0.3, -0.25) is 9.89 Å². The number of rotatable bonds is 4. The monoisotopic (exact) mass is 206 g/mol. The summed E-state index contributed by atoms with van der Waals surface area (Å²) < 4.78 is 0. The van der Waals surface area contributed by atoms with E-state index in [-0.39, 0.29) is 5.91 Å². The number of aromatic nitrogens is 2. The maximum Gasteiger partial charge on any atom is 0.274 e. The Balaban J connectivity index is 2.17. The van der Waals surface area contributed by atoms with Gasteiger partial charge in [0.1, 0.15) is 5.69 Å². The molecule has 1 aromatic heterocycles. The minimum atomic E-state index is -0.0904. The highest BCUT2D eigenvalue weighted by atomic mass is 16.2. The molecule has 15 heavy (non-hydrogen) atoms. The van der Waals surface area contributed by atoms with Gasteiger partial charge in [-0.05, 0) is 12.8 Å². The molecule has 0 unspecified atom stereocenters. The van der Waals surface area contributed by atoms with Gasteiger partial charge in [0.15, 0.2) is 0 Å². The maximum absolute atomic E-state index is 12.0. The zero-order valence-corrected chi connectivity index (χ0v) is 8.44. The fourth-order valence-electron chi connectivity index (χ4n) is 1.53. The van der Waals surface area contributed by atoms with E-state index in [1.165, 1.54) is 6.20 Å². The number of anilines is 1. The first-order chi connectivity index (χ1) is 7.24. The van der Waals surface area contributed by atoms with E-state index < -0.39 is 0 Å². The second-order valence-corrected chi connectivity index (χ2v) is 3.68. The number of nitrogens with two attached hydrogens (primary N) is 1. The lowest BCUT2D eigenvalue weighted by Gasteiger charge is -2.19. The summed E-state index contributed by atoms with van der Waals surface area (Å²) in [6, 6.07) is 0.346. The van der Waals surface area contributed by atoms with Gasteiger partial charge in [-0.1, -0.05) is 6.08 Å². The summed E-state index contributed by atoms with van der Waals surface area (Å²) in [5.74, 6) is -0.0904. The molecular weight excluding hydrogens is 192 g/mol. The summed E-state index contributed by atoms with van der Waals surface area (Å²) in [6.45, 7) is 4.20. The highest BCUT2D eigenvalue weighted by Crippen LogP contribution is 2.28. The summed E-state index contributed by atoms with van der Waals surface area (Å²) in [4.78, 5) is 13.8. The molecule has 1 saturated carbocycles. The van der Waals surface area contributed by atoms with Gasteiger partial charge < -0.3 is 10.6 Å². The molecule has 1 amide bonds. The third-order valence-corrected chi connectivity index (χ3v) is 2.46. The number of hydrogen-bond acceptors (Lipinski definition) is 3. The van der Waals surface area contributed by atoms with Gasteiger partial charge >= 0.3 is 0 Å². The van der Waals surface area contributed by atoms with Gasteiger partial charge in [0, 0.05) is 12.6 Å². The number of amides is 1. The number of nitrogens with zero attached hydrogens (tertiary/aromatic N) is 2. The van der Waals surface area contributed by atoms with Crippen molar-refractivity contribution < 1.29 is 4.79 Å². The van der Waals surface area contributed by atoms with Crippen LogP contribution in [0.25, 0.3) is 0 Å². The van der Waals surface area contributed by atoms with Gasteiger partial charge in [-0.2, -0.15) is 5.10 Å². The summed E-state index contributed by atoms with van der Waals surface area (Å²) in [6.07, 6.45) is 5.30. The van der Waals surface area contributed by atoms with E-state index >= 15 is 0 Å². The Labute approximate surface area is 87.9 Å². The topological polar surface area (TPSA) is 75.0 Å². The number of H-pyrrole nitrogens is 1. The fraction of sp³-hybridized carbons (Fsp3) is 0.400. The molecule has 1 heterocycles. The van der Waals surface area contributed by atoms with Gasteiger partial charge in [0.05, 0.1) is 11.9 Å². The van der Waals surface area contributed by atoms with Crippen LogP contribution in [0.4, 0.5) is 5.69 Å². The molecule has 5 nitrogen and oxygen atoms in total. The van der Waals surface area contributed by atoms with Crippen LogP contribution in [0.1, 0.15) is 23.3 Å². The molecule has 0 aromatic carbocycles. The molecule has 3 N–H and O–H groups in total. The van der Waals surface area contributed by atoms with Crippen molar-refractivity contribution in [1.29, 1.82) is 0 Å². The standard InChI is InChI=1S/C10H14N4O/c1-2-5-14(7-3-4-7)10(15)9-8(11)6-12-13-9/h2,6-7H,1,3-5,11H2,(H,12,13). The predicted molar refractivity (Wildman–Crippen MR) is 57.3 cm³/mol. The van der Waals surface area contributed by atoms with E-state index in [1.807, 2.05) is 0 Å². The highest BCUT2D eigenvalue weighted by Gasteiger charge is 2.33. The summed E-state index contributed by atoms with van der Waals surface area (Å²) in [7, 11) is 0. The second kappa shape index (κ2) is 3.76. The molecule has 0 bridgehead atoms. The van der Waals surface area contributed by atoms with Crippen LogP contribution in [0.15, 0.2) is 18.9 Å². The molecule has 1 aliphatic rings. The van der Waals surface area contributed by atoms with Gasteiger partial charge in [-0.25, -0.2) is 0 Å². The molecule has 80 valence electrons. The molecule has 0 spiro atoms. The van der Waals surface area contributed by atoms with E-state index in [0.29, 0.717) is 24.0 Å². The average Bonchev–Trinajstić information content (AvgIpc) is 2.97. The first-order valence-electron chi connectivity index (χ1n) is 4.94. The minimum Gasteiger partial charge on any atom is -0.396 e. The largest absolute Gasteiger partial charge is 0.396 e. The van der Waals surface area contributed by atoms with Crippen LogP contribution in [-0.4, -0.2) is 33.6 Å². The van der Waals surface area contributed by atoms with Crippen molar-refractivity contribution in [3.05, 3.63) is 24.5 Å². The Morgan fingerprint density at radius 1 is 1.80 bits per heavy atom. The van der Waals surface area contributed by atoms with Crippen LogP contribution in [0.2, 0.25) is 0 Å². The first-order valence-corrected chi connectivity index (χ1v) is 4.94. The quantitative estimate of drug-likeness (QED) is 0.715. The zero-order valence-electron chi connectivity index (χ0n) is 8.44. The lowest BCUT2D eigenvalue weighted by molar-refractivity contribution is 0.0758. The van der Waals surface area contributed by atoms with E-state index in [1.54, 1.807) is 11.0 Å². The molecule has 1 aliphatic carbocycles. The Hall–Kier alpha value is -1.78. The van der Waals surface area contributed by atoms with E-state index in [9.17, 15) is 4.79 Å². The summed E-state index contributed by atoms with van der Waals surface area (Å²) in [5, 5.41) is 6.37. The van der Waals surface area contributed by atoms with Crippen LogP contribution < -0.4 is 5.73 Å². The Kier molecular flexibility index (Phi) is 2.45. The molecule has 0 radical (unpaired) electrons. The van der Waals surface area contributed by atoms with Crippen molar-refractivity contribution in [1.82, 2.24) is 15.1 Å². The fourth-order valence-corrected chi connectivity index (χ4v) is 1.53. The minimum absolute atomic E-state index is 0.0904. The van der Waals surface area contributed by atoms with Gasteiger partial charge in [0.2, 0.25) is 0 Å². The summed E-state index contributed by atoms with van der Waals surface area (Å²) in [5.41, 5.74) is 6.41. The number of aromatic amines is 1. The number of hydrogen-bond donors (Lipinski definition) is 2. The smallest absolute Gasteiger partial charge is 0.274 e. The van der Waals surface area contributed by atoms with Crippen LogP contribution in [0.3, 0.4) is 0 Å².